The molecule has 0 spiro atoms. The fourth-order valence-electron chi connectivity index (χ4n) is 2.77. The van der Waals surface area contributed by atoms with Gasteiger partial charge in [-0.3, -0.25) is 9.69 Å². The van der Waals surface area contributed by atoms with Crippen LogP contribution in [0.3, 0.4) is 0 Å². The van der Waals surface area contributed by atoms with Gasteiger partial charge in [0.1, 0.15) is 5.82 Å². The highest BCUT2D eigenvalue weighted by atomic mass is 32.2. The Bertz CT molecular complexity index is 878. The first-order chi connectivity index (χ1) is 13.5. The van der Waals surface area contributed by atoms with Crippen LogP contribution in [0.1, 0.15) is 24.5 Å². The van der Waals surface area contributed by atoms with Crippen molar-refractivity contribution in [2.24, 2.45) is 10.2 Å². The molecule has 1 amide bonds. The van der Waals surface area contributed by atoms with Crippen LogP contribution in [-0.2, 0) is 11.3 Å². The van der Waals surface area contributed by atoms with Gasteiger partial charge in [-0.15, -0.1) is 5.10 Å². The second kappa shape index (κ2) is 9.01. The van der Waals surface area contributed by atoms with E-state index in [1.54, 1.807) is 23.2 Å². The molecule has 146 valence electrons. The minimum absolute atomic E-state index is 0.0149. The van der Waals surface area contributed by atoms with Crippen LogP contribution in [0.5, 0.6) is 0 Å². The molecular formula is C21H23FN4OS. The summed E-state index contributed by atoms with van der Waals surface area (Å²) >= 11 is 1.42. The monoisotopic (exact) mass is 398 g/mol. The van der Waals surface area contributed by atoms with Crippen molar-refractivity contribution < 1.29 is 9.18 Å². The Kier molecular flexibility index (Phi) is 6.46. The van der Waals surface area contributed by atoms with Gasteiger partial charge in [-0.2, -0.15) is 5.10 Å². The predicted octanol–water partition coefficient (Wildman–Crippen LogP) is 4.14. The van der Waals surface area contributed by atoms with E-state index in [1.807, 2.05) is 50.2 Å². The van der Waals surface area contributed by atoms with Crippen molar-refractivity contribution in [2.75, 3.05) is 19.0 Å². The van der Waals surface area contributed by atoms with E-state index in [1.165, 1.54) is 23.9 Å². The van der Waals surface area contributed by atoms with Crippen LogP contribution < -0.4 is 4.90 Å². The van der Waals surface area contributed by atoms with E-state index in [2.05, 4.69) is 10.2 Å². The van der Waals surface area contributed by atoms with Gasteiger partial charge in [0, 0.05) is 19.8 Å². The van der Waals surface area contributed by atoms with Crippen LogP contribution in [0.4, 0.5) is 10.1 Å². The van der Waals surface area contributed by atoms with Crippen molar-refractivity contribution in [3.8, 4) is 0 Å². The molecule has 2 aromatic rings. The molecule has 0 radical (unpaired) electrons. The first kappa shape index (κ1) is 20.1. The Labute approximate surface area is 168 Å². The summed E-state index contributed by atoms with van der Waals surface area (Å²) in [6.07, 6.45) is 2.39. The molecular weight excluding hydrogens is 375 g/mol. The van der Waals surface area contributed by atoms with Gasteiger partial charge in [0.15, 0.2) is 5.17 Å². The zero-order chi connectivity index (χ0) is 20.1. The van der Waals surface area contributed by atoms with Gasteiger partial charge in [-0.05, 0) is 41.8 Å². The summed E-state index contributed by atoms with van der Waals surface area (Å²) in [5.74, 6) is -0.280. The van der Waals surface area contributed by atoms with E-state index in [-0.39, 0.29) is 17.0 Å². The number of benzene rings is 2. The molecule has 1 atom stereocenters. The lowest BCUT2D eigenvalue weighted by molar-refractivity contribution is -0.126. The van der Waals surface area contributed by atoms with Crippen LogP contribution in [0.25, 0.3) is 0 Å². The number of halogens is 1. The Morgan fingerprint density at radius 2 is 1.82 bits per heavy atom. The van der Waals surface area contributed by atoms with Gasteiger partial charge in [0.05, 0.1) is 18.0 Å². The van der Waals surface area contributed by atoms with Crippen LogP contribution in [0, 0.1) is 5.82 Å². The smallest absolute Gasteiger partial charge is 0.242 e. The molecule has 1 saturated heterocycles. The maximum atomic E-state index is 13.1. The van der Waals surface area contributed by atoms with Crippen LogP contribution in [-0.4, -0.2) is 41.5 Å². The normalized spacial score (nSPS) is 18.4. The number of rotatable bonds is 6. The second-order valence-corrected chi connectivity index (χ2v) is 7.85. The average molecular weight is 399 g/mol. The van der Waals surface area contributed by atoms with E-state index < -0.39 is 0 Å². The van der Waals surface area contributed by atoms with E-state index >= 15 is 0 Å². The van der Waals surface area contributed by atoms with E-state index in [9.17, 15) is 9.18 Å². The summed E-state index contributed by atoms with van der Waals surface area (Å²) in [4.78, 5) is 16.3. The predicted molar refractivity (Wildman–Crippen MR) is 114 cm³/mol. The highest BCUT2D eigenvalue weighted by Gasteiger charge is 2.36. The van der Waals surface area contributed by atoms with Gasteiger partial charge in [-0.25, -0.2) is 4.39 Å². The van der Waals surface area contributed by atoms with E-state index in [0.717, 1.165) is 23.2 Å². The van der Waals surface area contributed by atoms with Crippen molar-refractivity contribution in [2.45, 2.75) is 25.1 Å². The number of anilines is 1. The van der Waals surface area contributed by atoms with Crippen LogP contribution in [0.2, 0.25) is 0 Å². The molecule has 0 unspecified atom stereocenters. The van der Waals surface area contributed by atoms with Crippen molar-refractivity contribution in [1.82, 2.24) is 4.90 Å². The van der Waals surface area contributed by atoms with Crippen molar-refractivity contribution in [3.05, 3.63) is 65.5 Å². The number of nitrogens with zero attached hydrogens (tertiary/aromatic N) is 4. The molecule has 0 saturated carbocycles. The molecule has 7 heteroatoms. The van der Waals surface area contributed by atoms with Crippen molar-refractivity contribution in [1.29, 1.82) is 0 Å². The SMILES string of the molecule is CC[C@H]1S/C(=N/N=C\c2ccc(N(C)C)cc2)N(Cc2ccc(F)cc2)C1=O. The fraction of sp³-hybridized carbons (Fsp3) is 0.286. The number of carbonyl (C=O) groups is 1. The fourth-order valence-corrected chi connectivity index (χ4v) is 3.79. The lowest BCUT2D eigenvalue weighted by Crippen LogP contribution is -2.31. The third-order valence-corrected chi connectivity index (χ3v) is 5.74. The summed E-state index contributed by atoms with van der Waals surface area (Å²) < 4.78 is 13.1. The molecule has 0 N–H and O–H groups in total. The molecule has 28 heavy (non-hydrogen) atoms. The summed E-state index contributed by atoms with van der Waals surface area (Å²) in [5, 5.41) is 8.88. The molecule has 0 bridgehead atoms. The second-order valence-electron chi connectivity index (χ2n) is 6.68. The summed E-state index contributed by atoms with van der Waals surface area (Å²) in [7, 11) is 3.98. The number of hydrogen-bond donors (Lipinski definition) is 0. The molecule has 0 aliphatic carbocycles. The van der Waals surface area contributed by atoms with Crippen LogP contribution >= 0.6 is 11.8 Å². The minimum atomic E-state index is -0.295. The minimum Gasteiger partial charge on any atom is -0.378 e. The summed E-state index contributed by atoms with van der Waals surface area (Å²) in [6.45, 7) is 2.33. The zero-order valence-electron chi connectivity index (χ0n) is 16.2. The molecule has 0 aromatic heterocycles. The van der Waals surface area contributed by atoms with E-state index in [4.69, 9.17) is 0 Å². The third kappa shape index (κ3) is 4.78. The Hall–Kier alpha value is -2.67. The molecule has 1 heterocycles. The summed E-state index contributed by atoms with van der Waals surface area (Å²) in [6, 6.07) is 14.1. The highest BCUT2D eigenvalue weighted by Crippen LogP contribution is 2.30. The molecule has 1 aliphatic heterocycles. The highest BCUT2D eigenvalue weighted by molar-refractivity contribution is 8.15. The van der Waals surface area contributed by atoms with Crippen molar-refractivity contribution in [3.63, 3.8) is 0 Å². The quantitative estimate of drug-likeness (QED) is 0.543. The van der Waals surface area contributed by atoms with Gasteiger partial charge in [0.25, 0.3) is 0 Å². The Morgan fingerprint density at radius 3 is 2.43 bits per heavy atom. The summed E-state index contributed by atoms with van der Waals surface area (Å²) in [5.41, 5.74) is 2.89. The Morgan fingerprint density at radius 1 is 1.14 bits per heavy atom. The maximum absolute atomic E-state index is 13.1. The number of thioether (sulfide) groups is 1. The number of amidine groups is 1. The molecule has 1 fully saturated rings. The topological polar surface area (TPSA) is 48.3 Å². The molecule has 3 rings (SSSR count). The third-order valence-electron chi connectivity index (χ3n) is 4.40. The lowest BCUT2D eigenvalue weighted by atomic mass is 10.2. The van der Waals surface area contributed by atoms with Crippen LogP contribution in [0.15, 0.2) is 58.7 Å². The van der Waals surface area contributed by atoms with Crippen molar-refractivity contribution >= 4 is 34.7 Å². The first-order valence-electron chi connectivity index (χ1n) is 9.09. The largest absolute Gasteiger partial charge is 0.378 e. The number of hydrogen-bond acceptors (Lipinski definition) is 5. The maximum Gasteiger partial charge on any atom is 0.242 e. The van der Waals surface area contributed by atoms with Gasteiger partial charge in [-0.1, -0.05) is 43.0 Å². The molecule has 1 aliphatic rings. The van der Waals surface area contributed by atoms with Gasteiger partial charge < -0.3 is 4.90 Å². The standard InChI is InChI=1S/C21H23FN4OS/c1-4-19-20(27)26(14-16-5-9-17(22)10-6-16)21(28-19)24-23-13-15-7-11-18(12-8-15)25(2)3/h5-13,19H,4,14H2,1-3H3/b23-13-,24-21+/t19-/m1/s1. The number of carbonyl (C=O) groups excluding carboxylic acids is 1. The average Bonchev–Trinajstić information content (AvgIpc) is 2.99. The van der Waals surface area contributed by atoms with Gasteiger partial charge in [0.2, 0.25) is 5.91 Å². The first-order valence-corrected chi connectivity index (χ1v) is 9.96. The molecule has 5 nitrogen and oxygen atoms in total. The Balaban J connectivity index is 1.76. The number of amides is 1. The zero-order valence-corrected chi connectivity index (χ0v) is 17.0. The van der Waals surface area contributed by atoms with Gasteiger partial charge >= 0.3 is 0 Å². The van der Waals surface area contributed by atoms with E-state index in [0.29, 0.717) is 11.7 Å². The lowest BCUT2D eigenvalue weighted by Gasteiger charge is -2.15. The molecule has 2 aromatic carbocycles.